The molecule has 1 fully saturated rings. The van der Waals surface area contributed by atoms with Gasteiger partial charge in [0, 0.05) is 19.2 Å². The highest BCUT2D eigenvalue weighted by Crippen LogP contribution is 2.30. The van der Waals surface area contributed by atoms with Crippen LogP contribution in [0.25, 0.3) is 0 Å². The molecule has 1 aliphatic heterocycles. The Labute approximate surface area is 108 Å². The minimum absolute atomic E-state index is 0.660. The predicted octanol–water partition coefficient (Wildman–Crippen LogP) is 1.61. The molecule has 18 heavy (non-hydrogen) atoms. The van der Waals surface area contributed by atoms with Crippen LogP contribution in [0.1, 0.15) is 12.0 Å². The van der Waals surface area contributed by atoms with E-state index in [9.17, 15) is 5.26 Å². The first-order chi connectivity index (χ1) is 8.78. The molecule has 0 amide bonds. The molecule has 0 aliphatic carbocycles. The van der Waals surface area contributed by atoms with Gasteiger partial charge in [-0.3, -0.25) is 0 Å². The van der Waals surface area contributed by atoms with Gasteiger partial charge in [0.2, 0.25) is 0 Å². The third kappa shape index (κ3) is 2.57. The molecule has 1 aliphatic rings. The van der Waals surface area contributed by atoms with Crippen molar-refractivity contribution < 1.29 is 4.74 Å². The quantitative estimate of drug-likeness (QED) is 0.875. The molecule has 0 aromatic heterocycles. The Morgan fingerprint density at radius 3 is 3.06 bits per heavy atom. The molecule has 4 heteroatoms. The normalized spacial score (nSPS) is 18.7. The van der Waals surface area contributed by atoms with Gasteiger partial charge in [-0.05, 0) is 38.1 Å². The van der Waals surface area contributed by atoms with Crippen LogP contribution in [0, 0.1) is 17.2 Å². The van der Waals surface area contributed by atoms with Gasteiger partial charge in [-0.2, -0.15) is 5.26 Å². The zero-order chi connectivity index (χ0) is 13.0. The molecule has 96 valence electrons. The average molecular weight is 245 g/mol. The first-order valence-electron chi connectivity index (χ1n) is 6.26. The van der Waals surface area contributed by atoms with E-state index >= 15 is 0 Å². The van der Waals surface area contributed by atoms with Crippen LogP contribution in [0.4, 0.5) is 5.69 Å². The minimum Gasteiger partial charge on any atom is -0.497 e. The maximum Gasteiger partial charge on any atom is 0.121 e. The van der Waals surface area contributed by atoms with Crippen LogP contribution in [-0.4, -0.2) is 33.8 Å². The second kappa shape index (κ2) is 5.74. The van der Waals surface area contributed by atoms with Gasteiger partial charge < -0.3 is 15.0 Å². The predicted molar refractivity (Wildman–Crippen MR) is 72.0 cm³/mol. The summed E-state index contributed by atoms with van der Waals surface area (Å²) in [5.41, 5.74) is 1.72. The molecule has 1 heterocycles. The Morgan fingerprint density at radius 2 is 2.39 bits per heavy atom. The summed E-state index contributed by atoms with van der Waals surface area (Å²) in [5.74, 6) is 1.47. The van der Waals surface area contributed by atoms with E-state index in [4.69, 9.17) is 4.74 Å². The zero-order valence-electron chi connectivity index (χ0n) is 10.9. The number of hydrogen-bond donors (Lipinski definition) is 1. The van der Waals surface area contributed by atoms with Crippen molar-refractivity contribution in [1.29, 1.82) is 5.26 Å². The van der Waals surface area contributed by atoms with E-state index < -0.39 is 0 Å². The van der Waals surface area contributed by atoms with Crippen LogP contribution in [0.2, 0.25) is 0 Å². The molecular weight excluding hydrogens is 226 g/mol. The molecule has 0 bridgehead atoms. The number of rotatable bonds is 4. The fourth-order valence-electron chi connectivity index (χ4n) is 2.50. The van der Waals surface area contributed by atoms with Crippen molar-refractivity contribution in [2.45, 2.75) is 6.42 Å². The molecular formula is C14H19N3O. The highest BCUT2D eigenvalue weighted by Gasteiger charge is 2.24. The third-order valence-electron chi connectivity index (χ3n) is 3.44. The number of benzene rings is 1. The number of hydrogen-bond acceptors (Lipinski definition) is 4. The Bertz CT molecular complexity index is 453. The van der Waals surface area contributed by atoms with E-state index in [0.717, 1.165) is 36.6 Å². The van der Waals surface area contributed by atoms with E-state index in [1.54, 1.807) is 7.11 Å². The highest BCUT2D eigenvalue weighted by molar-refractivity contribution is 5.62. The van der Waals surface area contributed by atoms with Gasteiger partial charge >= 0.3 is 0 Å². The molecule has 1 unspecified atom stereocenters. The van der Waals surface area contributed by atoms with Crippen LogP contribution in [0.15, 0.2) is 18.2 Å². The first kappa shape index (κ1) is 12.7. The van der Waals surface area contributed by atoms with Crippen molar-refractivity contribution in [1.82, 2.24) is 5.32 Å². The summed E-state index contributed by atoms with van der Waals surface area (Å²) in [4.78, 5) is 2.28. The second-order valence-electron chi connectivity index (χ2n) is 4.65. The summed E-state index contributed by atoms with van der Waals surface area (Å²) in [6.07, 6.45) is 1.17. The van der Waals surface area contributed by atoms with Crippen LogP contribution in [0.5, 0.6) is 5.75 Å². The lowest BCUT2D eigenvalue weighted by atomic mass is 10.1. The molecule has 0 spiro atoms. The maximum absolute atomic E-state index is 9.18. The van der Waals surface area contributed by atoms with Gasteiger partial charge in [0.05, 0.1) is 18.4 Å². The maximum atomic E-state index is 9.18. The number of anilines is 1. The van der Waals surface area contributed by atoms with E-state index in [-0.39, 0.29) is 0 Å². The number of nitrogens with one attached hydrogen (secondary N) is 1. The topological polar surface area (TPSA) is 48.3 Å². The van der Waals surface area contributed by atoms with Crippen molar-refractivity contribution in [2.24, 2.45) is 5.92 Å². The van der Waals surface area contributed by atoms with Crippen molar-refractivity contribution >= 4 is 5.69 Å². The first-order valence-corrected chi connectivity index (χ1v) is 6.26. The molecule has 2 rings (SSSR count). The lowest BCUT2D eigenvalue weighted by molar-refractivity contribution is 0.415. The average Bonchev–Trinajstić information content (AvgIpc) is 2.87. The Kier molecular flexibility index (Phi) is 4.06. The van der Waals surface area contributed by atoms with Crippen molar-refractivity contribution in [3.63, 3.8) is 0 Å². The summed E-state index contributed by atoms with van der Waals surface area (Å²) in [6.45, 7) is 3.04. The summed E-state index contributed by atoms with van der Waals surface area (Å²) in [5, 5.41) is 12.4. The van der Waals surface area contributed by atoms with E-state index in [0.29, 0.717) is 5.92 Å². The molecule has 0 radical (unpaired) electrons. The molecule has 4 nitrogen and oxygen atoms in total. The summed E-state index contributed by atoms with van der Waals surface area (Å²) >= 11 is 0. The Hall–Kier alpha value is -1.73. The summed E-state index contributed by atoms with van der Waals surface area (Å²) in [7, 11) is 3.63. The lowest BCUT2D eigenvalue weighted by Crippen LogP contribution is -2.24. The largest absolute Gasteiger partial charge is 0.497 e. The fourth-order valence-corrected chi connectivity index (χ4v) is 2.50. The minimum atomic E-state index is 0.660. The zero-order valence-corrected chi connectivity index (χ0v) is 10.9. The Balaban J connectivity index is 2.20. The van der Waals surface area contributed by atoms with E-state index in [2.05, 4.69) is 16.3 Å². The smallest absolute Gasteiger partial charge is 0.121 e. The lowest BCUT2D eigenvalue weighted by Gasteiger charge is -2.20. The number of nitriles is 1. The summed E-state index contributed by atoms with van der Waals surface area (Å²) in [6, 6.07) is 7.89. The standard InChI is InChI=1S/C14H19N3O/c1-16-9-11-5-6-17(10-11)14-7-13(18-2)4-3-12(14)8-15/h3-4,7,11,16H,5-6,9-10H2,1-2H3. The highest BCUT2D eigenvalue weighted by atomic mass is 16.5. The van der Waals surface area contributed by atoms with E-state index in [1.807, 2.05) is 25.2 Å². The van der Waals surface area contributed by atoms with Crippen LogP contribution >= 0.6 is 0 Å². The van der Waals surface area contributed by atoms with Crippen molar-refractivity contribution in [2.75, 3.05) is 38.7 Å². The van der Waals surface area contributed by atoms with Gasteiger partial charge in [-0.15, -0.1) is 0 Å². The van der Waals surface area contributed by atoms with E-state index in [1.165, 1.54) is 6.42 Å². The van der Waals surface area contributed by atoms with Gasteiger partial charge in [-0.1, -0.05) is 0 Å². The monoisotopic (exact) mass is 245 g/mol. The fraction of sp³-hybridized carbons (Fsp3) is 0.500. The van der Waals surface area contributed by atoms with Gasteiger partial charge in [-0.25, -0.2) is 0 Å². The number of nitrogens with zero attached hydrogens (tertiary/aromatic N) is 2. The molecule has 1 N–H and O–H groups in total. The molecule has 1 aromatic rings. The SMILES string of the molecule is CNCC1CCN(c2cc(OC)ccc2C#N)C1. The number of ether oxygens (including phenoxy) is 1. The van der Waals surface area contributed by atoms with Gasteiger partial charge in [0.1, 0.15) is 11.8 Å². The second-order valence-corrected chi connectivity index (χ2v) is 4.65. The molecule has 0 saturated carbocycles. The van der Waals surface area contributed by atoms with Crippen LogP contribution < -0.4 is 15.0 Å². The van der Waals surface area contributed by atoms with Crippen molar-refractivity contribution in [3.8, 4) is 11.8 Å². The molecule has 1 atom stereocenters. The molecule has 1 saturated heterocycles. The molecule has 1 aromatic carbocycles. The summed E-state index contributed by atoms with van der Waals surface area (Å²) < 4.78 is 5.24. The third-order valence-corrected chi connectivity index (χ3v) is 3.44. The Morgan fingerprint density at radius 1 is 1.56 bits per heavy atom. The van der Waals surface area contributed by atoms with Crippen LogP contribution in [-0.2, 0) is 0 Å². The number of methoxy groups -OCH3 is 1. The van der Waals surface area contributed by atoms with Crippen LogP contribution in [0.3, 0.4) is 0 Å². The van der Waals surface area contributed by atoms with Gasteiger partial charge in [0.25, 0.3) is 0 Å². The van der Waals surface area contributed by atoms with Crippen molar-refractivity contribution in [3.05, 3.63) is 23.8 Å². The van der Waals surface area contributed by atoms with Gasteiger partial charge in [0.15, 0.2) is 0 Å².